The van der Waals surface area contributed by atoms with Gasteiger partial charge >= 0.3 is 0 Å². The molecule has 0 unspecified atom stereocenters. The molecule has 4 rings (SSSR count). The van der Waals surface area contributed by atoms with E-state index in [0.717, 1.165) is 35.4 Å². The molecule has 1 aliphatic carbocycles. The number of rotatable bonds is 7. The van der Waals surface area contributed by atoms with Crippen molar-refractivity contribution < 1.29 is 8.81 Å². The Morgan fingerprint density at radius 1 is 1.07 bits per heavy atom. The maximum Gasteiger partial charge on any atom is 0.123 e. The summed E-state index contributed by atoms with van der Waals surface area (Å²) >= 11 is 1.74. The SMILES string of the molecule is CSc1ccc(/C=C2\C(C)=C(CCNCc3ccco3)c3cc(F)ccc32)cc1. The van der Waals surface area contributed by atoms with Gasteiger partial charge in [-0.3, -0.25) is 0 Å². The molecule has 29 heavy (non-hydrogen) atoms. The molecule has 3 aromatic rings. The molecule has 0 saturated heterocycles. The number of furan rings is 1. The van der Waals surface area contributed by atoms with E-state index in [0.29, 0.717) is 6.54 Å². The van der Waals surface area contributed by atoms with Crippen LogP contribution in [-0.4, -0.2) is 12.8 Å². The molecule has 1 heterocycles. The maximum atomic E-state index is 14.0. The number of fused-ring (bicyclic) bond motifs is 1. The highest BCUT2D eigenvalue weighted by Gasteiger charge is 2.23. The van der Waals surface area contributed by atoms with E-state index >= 15 is 0 Å². The first kappa shape index (κ1) is 19.7. The van der Waals surface area contributed by atoms with Gasteiger partial charge in [-0.2, -0.15) is 0 Å². The molecule has 4 heteroatoms. The summed E-state index contributed by atoms with van der Waals surface area (Å²) in [6.45, 7) is 3.64. The average molecular weight is 406 g/mol. The summed E-state index contributed by atoms with van der Waals surface area (Å²) in [5.74, 6) is 0.728. The molecule has 2 aromatic carbocycles. The summed E-state index contributed by atoms with van der Waals surface area (Å²) in [6.07, 6.45) is 6.81. The summed E-state index contributed by atoms with van der Waals surface area (Å²) in [5, 5.41) is 3.41. The van der Waals surface area contributed by atoms with Gasteiger partial charge < -0.3 is 9.73 Å². The minimum Gasteiger partial charge on any atom is -0.468 e. The summed E-state index contributed by atoms with van der Waals surface area (Å²) < 4.78 is 19.4. The molecule has 0 saturated carbocycles. The molecule has 0 fully saturated rings. The minimum absolute atomic E-state index is 0.192. The van der Waals surface area contributed by atoms with E-state index < -0.39 is 0 Å². The van der Waals surface area contributed by atoms with Crippen molar-refractivity contribution in [3.8, 4) is 0 Å². The normalized spacial score (nSPS) is 14.7. The van der Waals surface area contributed by atoms with Crippen molar-refractivity contribution in [3.05, 3.63) is 94.7 Å². The van der Waals surface area contributed by atoms with Crippen molar-refractivity contribution in [2.75, 3.05) is 12.8 Å². The van der Waals surface area contributed by atoms with E-state index in [4.69, 9.17) is 4.42 Å². The number of nitrogens with one attached hydrogen (secondary N) is 1. The van der Waals surface area contributed by atoms with Crippen LogP contribution >= 0.6 is 11.8 Å². The van der Waals surface area contributed by atoms with Gasteiger partial charge in [0.2, 0.25) is 0 Å². The Morgan fingerprint density at radius 2 is 1.90 bits per heavy atom. The molecule has 1 N–H and O–H groups in total. The second kappa shape index (κ2) is 8.85. The van der Waals surface area contributed by atoms with E-state index in [1.54, 1.807) is 30.2 Å². The first-order valence-corrected chi connectivity index (χ1v) is 11.0. The lowest BCUT2D eigenvalue weighted by molar-refractivity contribution is 0.485. The number of benzene rings is 2. The number of hydrogen-bond donors (Lipinski definition) is 1. The first-order valence-electron chi connectivity index (χ1n) is 9.75. The van der Waals surface area contributed by atoms with Crippen molar-refractivity contribution in [3.63, 3.8) is 0 Å². The molecule has 0 atom stereocenters. The molecule has 0 aliphatic heterocycles. The summed E-state index contributed by atoms with van der Waals surface area (Å²) in [5.41, 5.74) is 6.88. The van der Waals surface area contributed by atoms with Gasteiger partial charge in [-0.15, -0.1) is 11.8 Å². The molecule has 0 bridgehead atoms. The van der Waals surface area contributed by atoms with Crippen LogP contribution in [0.5, 0.6) is 0 Å². The molecular formula is C25H24FNOS. The molecule has 148 valence electrons. The van der Waals surface area contributed by atoms with Gasteiger partial charge in [-0.25, -0.2) is 4.39 Å². The van der Waals surface area contributed by atoms with E-state index in [1.165, 1.54) is 21.6 Å². The monoisotopic (exact) mass is 405 g/mol. The van der Waals surface area contributed by atoms with Crippen LogP contribution in [-0.2, 0) is 6.54 Å². The van der Waals surface area contributed by atoms with Crippen molar-refractivity contribution in [1.82, 2.24) is 5.32 Å². The zero-order valence-corrected chi connectivity index (χ0v) is 17.5. The van der Waals surface area contributed by atoms with Gasteiger partial charge in [0, 0.05) is 4.90 Å². The third-order valence-electron chi connectivity index (χ3n) is 5.31. The fraction of sp³-hybridized carbons (Fsp3) is 0.200. The standard InChI is InChI=1S/C25H24FNOS/c1-17-22(11-12-27-16-20-4-3-13-28-20)25-15-19(26)7-10-23(25)24(17)14-18-5-8-21(29-2)9-6-18/h3-10,13-15,27H,11-12,16H2,1-2H3/b24-14+. The Morgan fingerprint density at radius 3 is 2.62 bits per heavy atom. The Bertz CT molecular complexity index is 1050. The fourth-order valence-electron chi connectivity index (χ4n) is 3.78. The van der Waals surface area contributed by atoms with Crippen LogP contribution in [0.1, 0.15) is 35.8 Å². The molecule has 0 radical (unpaired) electrons. The van der Waals surface area contributed by atoms with Crippen LogP contribution in [0.3, 0.4) is 0 Å². The Labute approximate surface area is 175 Å². The summed E-state index contributed by atoms with van der Waals surface area (Å²) in [7, 11) is 0. The van der Waals surface area contributed by atoms with Crippen LogP contribution in [0.25, 0.3) is 17.2 Å². The Balaban J connectivity index is 1.58. The third kappa shape index (κ3) is 4.39. The van der Waals surface area contributed by atoms with Crippen molar-refractivity contribution in [2.24, 2.45) is 0 Å². The number of hydrogen-bond acceptors (Lipinski definition) is 3. The molecule has 1 aromatic heterocycles. The van der Waals surface area contributed by atoms with Crippen LogP contribution < -0.4 is 5.32 Å². The Hall–Kier alpha value is -2.56. The van der Waals surface area contributed by atoms with Gasteiger partial charge in [-0.05, 0) is 102 Å². The van der Waals surface area contributed by atoms with E-state index in [1.807, 2.05) is 18.2 Å². The van der Waals surface area contributed by atoms with Crippen molar-refractivity contribution >= 4 is 29.0 Å². The predicted molar refractivity (Wildman–Crippen MR) is 120 cm³/mol. The number of thioether (sulfide) groups is 1. The zero-order chi connectivity index (χ0) is 20.2. The van der Waals surface area contributed by atoms with E-state index in [-0.39, 0.29) is 5.82 Å². The highest BCUT2D eigenvalue weighted by molar-refractivity contribution is 7.98. The number of halogens is 1. The smallest absolute Gasteiger partial charge is 0.123 e. The maximum absolute atomic E-state index is 14.0. The first-order chi connectivity index (χ1) is 14.2. The van der Waals surface area contributed by atoms with Gasteiger partial charge in [-0.1, -0.05) is 18.2 Å². The summed E-state index contributed by atoms with van der Waals surface area (Å²) in [6, 6.07) is 17.5. The van der Waals surface area contributed by atoms with Crippen LogP contribution in [0, 0.1) is 5.82 Å². The highest BCUT2D eigenvalue weighted by atomic mass is 32.2. The average Bonchev–Trinajstić information content (AvgIpc) is 3.33. The second-order valence-corrected chi connectivity index (χ2v) is 8.01. The largest absolute Gasteiger partial charge is 0.468 e. The fourth-order valence-corrected chi connectivity index (χ4v) is 4.19. The molecule has 0 amide bonds. The molecular weight excluding hydrogens is 381 g/mol. The highest BCUT2D eigenvalue weighted by Crippen LogP contribution is 2.43. The van der Waals surface area contributed by atoms with Gasteiger partial charge in [0.15, 0.2) is 0 Å². The molecule has 2 nitrogen and oxygen atoms in total. The number of allylic oxidation sites excluding steroid dienone is 2. The lowest BCUT2D eigenvalue weighted by Gasteiger charge is -2.07. The van der Waals surface area contributed by atoms with Gasteiger partial charge in [0.05, 0.1) is 12.8 Å². The Kier molecular flexibility index (Phi) is 6.02. The lowest BCUT2D eigenvalue weighted by Crippen LogP contribution is -2.14. The summed E-state index contributed by atoms with van der Waals surface area (Å²) in [4.78, 5) is 1.25. The van der Waals surface area contributed by atoms with E-state index in [9.17, 15) is 4.39 Å². The van der Waals surface area contributed by atoms with E-state index in [2.05, 4.69) is 48.8 Å². The molecule has 1 aliphatic rings. The third-order valence-corrected chi connectivity index (χ3v) is 6.06. The van der Waals surface area contributed by atoms with Crippen molar-refractivity contribution in [2.45, 2.75) is 24.8 Å². The van der Waals surface area contributed by atoms with Gasteiger partial charge in [0.25, 0.3) is 0 Å². The zero-order valence-electron chi connectivity index (χ0n) is 16.7. The van der Waals surface area contributed by atoms with Crippen LogP contribution in [0.2, 0.25) is 0 Å². The van der Waals surface area contributed by atoms with Crippen molar-refractivity contribution in [1.29, 1.82) is 0 Å². The second-order valence-electron chi connectivity index (χ2n) is 7.13. The lowest BCUT2D eigenvalue weighted by atomic mass is 10.0. The molecule has 0 spiro atoms. The van der Waals surface area contributed by atoms with Crippen LogP contribution in [0.15, 0.2) is 75.7 Å². The minimum atomic E-state index is -0.192. The quantitative estimate of drug-likeness (QED) is 0.352. The van der Waals surface area contributed by atoms with Crippen LogP contribution in [0.4, 0.5) is 4.39 Å². The van der Waals surface area contributed by atoms with Gasteiger partial charge in [0.1, 0.15) is 11.6 Å². The predicted octanol–water partition coefficient (Wildman–Crippen LogP) is 6.65. The topological polar surface area (TPSA) is 25.2 Å².